The third-order valence-electron chi connectivity index (χ3n) is 2.87. The number of hydrogen-bond donors (Lipinski definition) is 2. The topological polar surface area (TPSA) is 56.5 Å². The highest BCUT2D eigenvalue weighted by Gasteiger charge is 2.17. The summed E-state index contributed by atoms with van der Waals surface area (Å²) in [5, 5.41) is 0. The highest BCUT2D eigenvalue weighted by atomic mass is 16.5. The van der Waals surface area contributed by atoms with E-state index in [4.69, 9.17) is 15.3 Å². The molecule has 0 radical (unpaired) electrons. The molecule has 1 aromatic rings. The zero-order chi connectivity index (χ0) is 13.5. The lowest BCUT2D eigenvalue weighted by Crippen LogP contribution is -2.28. The Morgan fingerprint density at radius 2 is 2.11 bits per heavy atom. The van der Waals surface area contributed by atoms with Gasteiger partial charge in [0.25, 0.3) is 0 Å². The van der Waals surface area contributed by atoms with Crippen molar-refractivity contribution in [3.63, 3.8) is 0 Å². The quantitative estimate of drug-likeness (QED) is 0.443. The average Bonchev–Trinajstić information content (AvgIpc) is 2.38. The molecule has 1 rings (SSSR count). The Hall–Kier alpha value is -1.52. The van der Waals surface area contributed by atoms with Crippen LogP contribution in [-0.4, -0.2) is 14.2 Å². The molecule has 0 aliphatic carbocycles. The number of rotatable bonds is 7. The van der Waals surface area contributed by atoms with E-state index in [1.807, 2.05) is 25.1 Å². The average molecular weight is 250 g/mol. The molecule has 0 aromatic heterocycles. The van der Waals surface area contributed by atoms with Crippen molar-refractivity contribution in [1.82, 2.24) is 5.43 Å². The van der Waals surface area contributed by atoms with Gasteiger partial charge in [-0.1, -0.05) is 17.7 Å². The van der Waals surface area contributed by atoms with Gasteiger partial charge in [-0.3, -0.25) is 11.3 Å². The molecule has 0 heterocycles. The summed E-state index contributed by atoms with van der Waals surface area (Å²) in [4.78, 5) is 0. The summed E-state index contributed by atoms with van der Waals surface area (Å²) < 4.78 is 10.7. The van der Waals surface area contributed by atoms with Gasteiger partial charge in [0.05, 0.1) is 20.3 Å². The molecule has 0 bridgehead atoms. The van der Waals surface area contributed by atoms with Gasteiger partial charge >= 0.3 is 0 Å². The number of hydrazine groups is 1. The number of nitrogens with one attached hydrogen (secondary N) is 1. The van der Waals surface area contributed by atoms with Gasteiger partial charge in [-0.15, -0.1) is 6.58 Å². The molecule has 1 aromatic carbocycles. The highest BCUT2D eigenvalue weighted by molar-refractivity contribution is 5.48. The van der Waals surface area contributed by atoms with E-state index in [0.29, 0.717) is 5.75 Å². The minimum Gasteiger partial charge on any atom is -0.493 e. The molecule has 0 aliphatic rings. The highest BCUT2D eigenvalue weighted by Crippen LogP contribution is 2.36. The molecule has 18 heavy (non-hydrogen) atoms. The van der Waals surface area contributed by atoms with Crippen molar-refractivity contribution in [2.75, 3.05) is 14.2 Å². The van der Waals surface area contributed by atoms with Crippen molar-refractivity contribution in [2.24, 2.45) is 5.84 Å². The van der Waals surface area contributed by atoms with Gasteiger partial charge in [-0.2, -0.15) is 0 Å². The van der Waals surface area contributed by atoms with Crippen molar-refractivity contribution in [3.05, 3.63) is 35.9 Å². The van der Waals surface area contributed by atoms with Crippen molar-refractivity contribution < 1.29 is 9.47 Å². The summed E-state index contributed by atoms with van der Waals surface area (Å²) in [6, 6.07) is 5.81. The third-order valence-corrected chi connectivity index (χ3v) is 2.87. The first-order valence-electron chi connectivity index (χ1n) is 5.95. The summed E-state index contributed by atoms with van der Waals surface area (Å²) in [5.41, 5.74) is 4.96. The number of ether oxygens (including phenoxy) is 2. The summed E-state index contributed by atoms with van der Waals surface area (Å²) in [5.74, 6) is 7.07. The molecule has 0 saturated heterocycles. The van der Waals surface area contributed by atoms with Gasteiger partial charge in [-0.25, -0.2) is 0 Å². The largest absolute Gasteiger partial charge is 0.493 e. The molecule has 4 nitrogen and oxygen atoms in total. The lowest BCUT2D eigenvalue weighted by atomic mass is 9.99. The molecule has 100 valence electrons. The Balaban J connectivity index is 3.00. The molecule has 0 spiro atoms. The summed E-state index contributed by atoms with van der Waals surface area (Å²) >= 11 is 0. The Labute approximate surface area is 109 Å². The maximum absolute atomic E-state index is 5.63. The Bertz CT molecular complexity index is 405. The molecule has 0 saturated carbocycles. The van der Waals surface area contributed by atoms with Crippen LogP contribution in [0.15, 0.2) is 30.4 Å². The first kappa shape index (κ1) is 14.5. The molecule has 1 unspecified atom stereocenters. The lowest BCUT2D eigenvalue weighted by molar-refractivity contribution is 0.345. The van der Waals surface area contributed by atoms with E-state index in [1.165, 1.54) is 0 Å². The molecule has 4 heteroatoms. The molecular weight excluding hydrogens is 228 g/mol. The number of hydrogen-bond acceptors (Lipinski definition) is 4. The molecule has 0 fully saturated rings. The molecule has 0 amide bonds. The van der Waals surface area contributed by atoms with E-state index >= 15 is 0 Å². The van der Waals surface area contributed by atoms with E-state index in [9.17, 15) is 0 Å². The number of benzene rings is 1. The van der Waals surface area contributed by atoms with Crippen LogP contribution >= 0.6 is 0 Å². The third kappa shape index (κ3) is 3.48. The van der Waals surface area contributed by atoms with Gasteiger partial charge < -0.3 is 9.47 Å². The number of methoxy groups -OCH3 is 2. The minimum atomic E-state index is 0.0201. The number of nitrogens with two attached hydrogens (primary N) is 1. The lowest BCUT2D eigenvalue weighted by Gasteiger charge is -2.20. The fraction of sp³-hybridized carbons (Fsp3) is 0.429. The standard InChI is InChI=1S/C14H22N2O2/c1-10(2)8-9-12(16-15)11-6-5-7-13(17-3)14(11)18-4/h5-7,12,16H,1,8-9,15H2,2-4H3. The van der Waals surface area contributed by atoms with Crippen LogP contribution in [0, 0.1) is 0 Å². The van der Waals surface area contributed by atoms with Gasteiger partial charge in [0.2, 0.25) is 0 Å². The smallest absolute Gasteiger partial charge is 0.165 e. The van der Waals surface area contributed by atoms with E-state index in [2.05, 4.69) is 12.0 Å². The second-order valence-corrected chi connectivity index (χ2v) is 4.30. The maximum atomic E-state index is 5.63. The Kier molecular flexibility index (Phi) is 5.68. The predicted molar refractivity (Wildman–Crippen MR) is 73.7 cm³/mol. The molecular formula is C14H22N2O2. The Morgan fingerprint density at radius 3 is 2.61 bits per heavy atom. The first-order valence-corrected chi connectivity index (χ1v) is 5.95. The maximum Gasteiger partial charge on any atom is 0.165 e. The van der Waals surface area contributed by atoms with Crippen LogP contribution in [0.3, 0.4) is 0 Å². The Morgan fingerprint density at radius 1 is 1.39 bits per heavy atom. The van der Waals surface area contributed by atoms with Crippen LogP contribution in [0.1, 0.15) is 31.4 Å². The van der Waals surface area contributed by atoms with Gasteiger partial charge in [0, 0.05) is 5.56 Å². The van der Waals surface area contributed by atoms with Gasteiger partial charge in [-0.05, 0) is 25.8 Å². The van der Waals surface area contributed by atoms with Crippen LogP contribution in [-0.2, 0) is 0 Å². The molecule has 3 N–H and O–H groups in total. The van der Waals surface area contributed by atoms with Crippen molar-refractivity contribution in [1.29, 1.82) is 0 Å². The number of para-hydroxylation sites is 1. The van der Waals surface area contributed by atoms with Crippen molar-refractivity contribution in [2.45, 2.75) is 25.8 Å². The summed E-state index contributed by atoms with van der Waals surface area (Å²) in [6.07, 6.45) is 1.78. The fourth-order valence-electron chi connectivity index (χ4n) is 1.91. The second kappa shape index (κ2) is 7.03. The van der Waals surface area contributed by atoms with Crippen LogP contribution < -0.4 is 20.7 Å². The van der Waals surface area contributed by atoms with Crippen LogP contribution in [0.2, 0.25) is 0 Å². The molecule has 0 aliphatic heterocycles. The normalized spacial score (nSPS) is 12.0. The van der Waals surface area contributed by atoms with Crippen molar-refractivity contribution in [3.8, 4) is 11.5 Å². The van der Waals surface area contributed by atoms with E-state index in [-0.39, 0.29) is 6.04 Å². The van der Waals surface area contributed by atoms with Crippen LogP contribution in [0.25, 0.3) is 0 Å². The van der Waals surface area contributed by atoms with E-state index in [0.717, 1.165) is 29.7 Å². The molecule has 1 atom stereocenters. The van der Waals surface area contributed by atoms with E-state index in [1.54, 1.807) is 14.2 Å². The number of allylic oxidation sites excluding steroid dienone is 1. The van der Waals surface area contributed by atoms with Crippen molar-refractivity contribution >= 4 is 0 Å². The summed E-state index contributed by atoms with van der Waals surface area (Å²) in [7, 11) is 3.26. The van der Waals surface area contributed by atoms with Gasteiger partial charge in [0.1, 0.15) is 0 Å². The first-order chi connectivity index (χ1) is 8.63. The van der Waals surface area contributed by atoms with Crippen LogP contribution in [0.4, 0.5) is 0 Å². The van der Waals surface area contributed by atoms with E-state index < -0.39 is 0 Å². The fourth-order valence-corrected chi connectivity index (χ4v) is 1.91. The minimum absolute atomic E-state index is 0.0201. The van der Waals surface area contributed by atoms with Gasteiger partial charge in [0.15, 0.2) is 11.5 Å². The monoisotopic (exact) mass is 250 g/mol. The zero-order valence-corrected chi connectivity index (χ0v) is 11.3. The summed E-state index contributed by atoms with van der Waals surface area (Å²) in [6.45, 7) is 5.92. The second-order valence-electron chi connectivity index (χ2n) is 4.30. The van der Waals surface area contributed by atoms with Crippen LogP contribution in [0.5, 0.6) is 11.5 Å². The zero-order valence-electron chi connectivity index (χ0n) is 11.3. The predicted octanol–water partition coefficient (Wildman–Crippen LogP) is 2.56. The SMILES string of the molecule is C=C(C)CCC(NN)c1cccc(OC)c1OC.